The highest BCUT2D eigenvalue weighted by Crippen LogP contribution is 2.11. The molecule has 0 saturated heterocycles. The van der Waals surface area contributed by atoms with Gasteiger partial charge in [0.05, 0.1) is 6.42 Å². The molecule has 0 aliphatic heterocycles. The number of nitrogens with one attached hydrogen (secondary N) is 3. The average molecular weight is 279 g/mol. The molecule has 0 bridgehead atoms. The van der Waals surface area contributed by atoms with Gasteiger partial charge >= 0.3 is 12.0 Å². The predicted octanol–water partition coefficient (Wildman–Crippen LogP) is 0.570. The van der Waals surface area contributed by atoms with E-state index in [0.29, 0.717) is 11.3 Å². The van der Waals surface area contributed by atoms with Crippen molar-refractivity contribution in [3.8, 4) is 0 Å². The monoisotopic (exact) mass is 279 g/mol. The maximum Gasteiger partial charge on any atom is 0.319 e. The molecule has 0 radical (unpaired) electrons. The van der Waals surface area contributed by atoms with Crippen molar-refractivity contribution in [3.05, 3.63) is 29.8 Å². The van der Waals surface area contributed by atoms with Gasteiger partial charge in [0, 0.05) is 12.7 Å². The van der Waals surface area contributed by atoms with Gasteiger partial charge in [0.1, 0.15) is 6.04 Å². The lowest BCUT2D eigenvalue weighted by atomic mass is 10.1. The molecule has 108 valence electrons. The summed E-state index contributed by atoms with van der Waals surface area (Å²) >= 11 is 0. The Kier molecular flexibility index (Phi) is 5.52. The summed E-state index contributed by atoms with van der Waals surface area (Å²) in [6, 6.07) is 5.31. The summed E-state index contributed by atoms with van der Waals surface area (Å²) in [6.45, 7) is 1.55. The van der Waals surface area contributed by atoms with E-state index >= 15 is 0 Å². The fraction of sp³-hybridized carbons (Fsp3) is 0.308. The molecule has 0 saturated carbocycles. The highest BCUT2D eigenvalue weighted by atomic mass is 16.4. The maximum atomic E-state index is 11.7. The van der Waals surface area contributed by atoms with Gasteiger partial charge in [0.15, 0.2) is 0 Å². The third kappa shape index (κ3) is 4.97. The third-order valence-electron chi connectivity index (χ3n) is 2.53. The smallest absolute Gasteiger partial charge is 0.319 e. The topological polar surface area (TPSA) is 108 Å². The number of carbonyl (C=O) groups excluding carboxylic acids is 2. The van der Waals surface area contributed by atoms with Crippen molar-refractivity contribution in [1.29, 1.82) is 0 Å². The number of aliphatic carboxylic acids is 1. The molecule has 0 aromatic heterocycles. The third-order valence-corrected chi connectivity index (χ3v) is 2.53. The fourth-order valence-corrected chi connectivity index (χ4v) is 1.58. The van der Waals surface area contributed by atoms with Crippen LogP contribution in [0.3, 0.4) is 0 Å². The summed E-state index contributed by atoms with van der Waals surface area (Å²) in [4.78, 5) is 33.5. The van der Waals surface area contributed by atoms with Crippen molar-refractivity contribution in [2.45, 2.75) is 19.4 Å². The molecule has 20 heavy (non-hydrogen) atoms. The predicted molar refractivity (Wildman–Crippen MR) is 73.5 cm³/mol. The molecule has 1 rings (SSSR count). The molecular weight excluding hydrogens is 262 g/mol. The average Bonchev–Trinajstić information content (AvgIpc) is 2.37. The first kappa shape index (κ1) is 15.5. The standard InChI is InChI=1S/C13H17N3O4/c1-8(12(19)14-2)15-13(20)16-10-5-3-4-9(6-10)7-11(17)18/h3-6,8H,7H2,1-2H3,(H,14,19)(H,17,18)(H2,15,16,20). The second-order valence-corrected chi connectivity index (χ2v) is 4.21. The van der Waals surface area contributed by atoms with Gasteiger partial charge in [-0.2, -0.15) is 0 Å². The van der Waals surface area contributed by atoms with E-state index in [-0.39, 0.29) is 12.3 Å². The molecule has 1 aromatic rings. The number of carboxylic acid groups (broad SMARTS) is 1. The molecule has 0 heterocycles. The zero-order chi connectivity index (χ0) is 15.1. The zero-order valence-corrected chi connectivity index (χ0v) is 11.3. The first-order chi connectivity index (χ1) is 9.42. The molecule has 1 aromatic carbocycles. The number of amides is 3. The Hall–Kier alpha value is -2.57. The van der Waals surface area contributed by atoms with E-state index in [0.717, 1.165) is 0 Å². The molecule has 1 atom stereocenters. The van der Waals surface area contributed by atoms with Crippen molar-refractivity contribution >= 4 is 23.6 Å². The lowest BCUT2D eigenvalue weighted by Gasteiger charge is -2.13. The number of anilines is 1. The highest BCUT2D eigenvalue weighted by Gasteiger charge is 2.13. The van der Waals surface area contributed by atoms with E-state index in [9.17, 15) is 14.4 Å². The number of carbonyl (C=O) groups is 3. The van der Waals surface area contributed by atoms with Crippen LogP contribution in [0.25, 0.3) is 0 Å². The molecule has 4 N–H and O–H groups in total. The summed E-state index contributed by atoms with van der Waals surface area (Å²) in [5.74, 6) is -1.25. The van der Waals surface area contributed by atoms with Crippen molar-refractivity contribution in [2.24, 2.45) is 0 Å². The Balaban J connectivity index is 2.62. The van der Waals surface area contributed by atoms with E-state index in [2.05, 4.69) is 16.0 Å². The molecule has 0 aliphatic carbocycles. The highest BCUT2D eigenvalue weighted by molar-refractivity contribution is 5.93. The van der Waals surface area contributed by atoms with E-state index in [4.69, 9.17) is 5.11 Å². The Morgan fingerprint density at radius 3 is 2.60 bits per heavy atom. The Morgan fingerprint density at radius 1 is 1.30 bits per heavy atom. The molecule has 0 fully saturated rings. The minimum absolute atomic E-state index is 0.119. The lowest BCUT2D eigenvalue weighted by Crippen LogP contribution is -2.45. The number of benzene rings is 1. The Morgan fingerprint density at radius 2 is 2.00 bits per heavy atom. The van der Waals surface area contributed by atoms with Crippen LogP contribution in [0.1, 0.15) is 12.5 Å². The van der Waals surface area contributed by atoms with E-state index < -0.39 is 18.0 Å². The summed E-state index contributed by atoms with van der Waals surface area (Å²) in [7, 11) is 1.48. The second kappa shape index (κ2) is 7.13. The fourth-order valence-electron chi connectivity index (χ4n) is 1.58. The molecular formula is C13H17N3O4. The van der Waals surface area contributed by atoms with Crippen molar-refractivity contribution < 1.29 is 19.5 Å². The van der Waals surface area contributed by atoms with Crippen LogP contribution in [0.4, 0.5) is 10.5 Å². The minimum Gasteiger partial charge on any atom is -0.481 e. The SMILES string of the molecule is CNC(=O)C(C)NC(=O)Nc1cccc(CC(=O)O)c1. The van der Waals surface area contributed by atoms with Gasteiger partial charge in [-0.1, -0.05) is 12.1 Å². The number of rotatable bonds is 5. The molecule has 3 amide bonds. The van der Waals surface area contributed by atoms with Crippen LogP contribution < -0.4 is 16.0 Å². The van der Waals surface area contributed by atoms with Gasteiger partial charge in [0.25, 0.3) is 0 Å². The summed E-state index contributed by atoms with van der Waals surface area (Å²) in [6.07, 6.45) is -0.119. The van der Waals surface area contributed by atoms with E-state index in [1.807, 2.05) is 0 Å². The van der Waals surface area contributed by atoms with Gasteiger partial charge in [-0.25, -0.2) is 4.79 Å². The Bertz CT molecular complexity index is 516. The van der Waals surface area contributed by atoms with Gasteiger partial charge in [-0.15, -0.1) is 0 Å². The lowest BCUT2D eigenvalue weighted by molar-refractivity contribution is -0.136. The summed E-state index contributed by atoms with van der Waals surface area (Å²) in [5, 5.41) is 16.1. The number of hydrogen-bond donors (Lipinski definition) is 4. The Labute approximate surface area is 116 Å². The first-order valence-corrected chi connectivity index (χ1v) is 6.02. The van der Waals surface area contributed by atoms with Gasteiger partial charge < -0.3 is 21.1 Å². The number of urea groups is 1. The van der Waals surface area contributed by atoms with Gasteiger partial charge in [-0.05, 0) is 24.6 Å². The summed E-state index contributed by atoms with van der Waals surface area (Å²) < 4.78 is 0. The van der Waals surface area contributed by atoms with Crippen LogP contribution in [-0.4, -0.2) is 36.1 Å². The van der Waals surface area contributed by atoms with Crippen LogP contribution in [0, 0.1) is 0 Å². The molecule has 7 heteroatoms. The quantitative estimate of drug-likeness (QED) is 0.632. The van der Waals surface area contributed by atoms with Gasteiger partial charge in [-0.3, -0.25) is 9.59 Å². The van der Waals surface area contributed by atoms with Crippen molar-refractivity contribution in [3.63, 3.8) is 0 Å². The van der Waals surface area contributed by atoms with E-state index in [1.165, 1.54) is 7.05 Å². The molecule has 0 aliphatic rings. The van der Waals surface area contributed by atoms with Crippen molar-refractivity contribution in [1.82, 2.24) is 10.6 Å². The van der Waals surface area contributed by atoms with Crippen LogP contribution >= 0.6 is 0 Å². The molecule has 1 unspecified atom stereocenters. The normalized spacial score (nSPS) is 11.3. The maximum absolute atomic E-state index is 11.7. The molecule has 0 spiro atoms. The van der Waals surface area contributed by atoms with Gasteiger partial charge in [0.2, 0.25) is 5.91 Å². The van der Waals surface area contributed by atoms with Crippen molar-refractivity contribution in [2.75, 3.05) is 12.4 Å². The first-order valence-electron chi connectivity index (χ1n) is 6.02. The van der Waals surface area contributed by atoms with Crippen LogP contribution in [0.15, 0.2) is 24.3 Å². The zero-order valence-electron chi connectivity index (χ0n) is 11.3. The molecule has 7 nitrogen and oxygen atoms in total. The van der Waals surface area contributed by atoms with Crippen LogP contribution in [-0.2, 0) is 16.0 Å². The van der Waals surface area contributed by atoms with E-state index in [1.54, 1.807) is 31.2 Å². The number of likely N-dealkylation sites (N-methyl/N-ethyl adjacent to an activating group) is 1. The number of carboxylic acids is 1. The second-order valence-electron chi connectivity index (χ2n) is 4.21. The number of hydrogen-bond acceptors (Lipinski definition) is 3. The largest absolute Gasteiger partial charge is 0.481 e. The van der Waals surface area contributed by atoms with Crippen LogP contribution in [0.5, 0.6) is 0 Å². The summed E-state index contributed by atoms with van der Waals surface area (Å²) in [5.41, 5.74) is 1.04. The van der Waals surface area contributed by atoms with Crippen LogP contribution in [0.2, 0.25) is 0 Å². The minimum atomic E-state index is -0.945.